The van der Waals surface area contributed by atoms with Crippen molar-refractivity contribution in [3.8, 4) is 0 Å². The molecule has 0 bridgehead atoms. The molecule has 1 saturated heterocycles. The van der Waals surface area contributed by atoms with Gasteiger partial charge in [-0.3, -0.25) is 4.79 Å². The monoisotopic (exact) mass is 327 g/mol. The number of nitrogens with one attached hydrogen (secondary N) is 1. The van der Waals surface area contributed by atoms with Gasteiger partial charge in [0.15, 0.2) is 0 Å². The summed E-state index contributed by atoms with van der Waals surface area (Å²) in [6, 6.07) is 3.53. The van der Waals surface area contributed by atoms with Crippen LogP contribution in [-0.2, 0) is 0 Å². The average Bonchev–Trinajstić information content (AvgIpc) is 2.61. The summed E-state index contributed by atoms with van der Waals surface area (Å²) in [5.41, 5.74) is 0.347. The van der Waals surface area contributed by atoms with E-state index in [1.165, 1.54) is 0 Å². The van der Waals surface area contributed by atoms with Crippen LogP contribution in [-0.4, -0.2) is 45.9 Å². The maximum Gasteiger partial charge on any atom is 0.274 e. The first-order chi connectivity index (χ1) is 9.93. The second-order valence-corrected chi connectivity index (χ2v) is 7.92. The maximum absolute atomic E-state index is 12.7. The minimum Gasteiger partial charge on any atom is -0.370 e. The predicted molar refractivity (Wildman–Crippen MR) is 90.5 cm³/mol. The molecule has 1 aliphatic heterocycles. The maximum atomic E-state index is 12.7. The van der Waals surface area contributed by atoms with E-state index in [9.17, 15) is 4.79 Å². The number of rotatable bonds is 3. The van der Waals surface area contributed by atoms with Crippen LogP contribution in [0.3, 0.4) is 0 Å². The fraction of sp³-hybridized carbons (Fsp3) is 0.600. The van der Waals surface area contributed by atoms with Crippen LogP contribution in [0.2, 0.25) is 5.02 Å². The predicted octanol–water partition coefficient (Wildman–Crippen LogP) is 3.52. The van der Waals surface area contributed by atoms with Crippen molar-refractivity contribution in [3.05, 3.63) is 22.8 Å². The third-order valence-electron chi connectivity index (χ3n) is 3.53. The molecule has 1 aromatic heterocycles. The highest BCUT2D eigenvalue weighted by Crippen LogP contribution is 2.31. The Morgan fingerprint density at radius 1 is 1.48 bits per heavy atom. The number of hydrogen-bond acceptors (Lipinski definition) is 4. The van der Waals surface area contributed by atoms with Gasteiger partial charge in [0, 0.05) is 30.1 Å². The number of nitrogens with zero attached hydrogens (tertiary/aromatic N) is 2. The SMILES string of the molecule is CCNc1ccc(Cl)c(C(=O)N2CCSC(C)(C)CC2)n1. The Hall–Kier alpha value is -0.940. The number of halogens is 1. The number of anilines is 1. The molecule has 0 radical (unpaired) electrons. The van der Waals surface area contributed by atoms with Crippen molar-refractivity contribution in [1.82, 2.24) is 9.88 Å². The molecule has 4 nitrogen and oxygen atoms in total. The zero-order chi connectivity index (χ0) is 15.5. The molecule has 1 aliphatic rings. The smallest absolute Gasteiger partial charge is 0.274 e. The lowest BCUT2D eigenvalue weighted by molar-refractivity contribution is 0.0759. The van der Waals surface area contributed by atoms with Gasteiger partial charge in [-0.15, -0.1) is 0 Å². The Labute approximate surface area is 135 Å². The molecule has 21 heavy (non-hydrogen) atoms. The largest absolute Gasteiger partial charge is 0.370 e. The molecule has 0 atom stereocenters. The molecule has 0 saturated carbocycles. The van der Waals surface area contributed by atoms with Crippen LogP contribution in [0.4, 0.5) is 5.82 Å². The lowest BCUT2D eigenvalue weighted by atomic mass is 10.1. The van der Waals surface area contributed by atoms with E-state index in [0.717, 1.165) is 31.8 Å². The summed E-state index contributed by atoms with van der Waals surface area (Å²) in [6.07, 6.45) is 0.980. The third kappa shape index (κ3) is 4.27. The summed E-state index contributed by atoms with van der Waals surface area (Å²) in [5, 5.41) is 3.53. The zero-order valence-corrected chi connectivity index (χ0v) is 14.4. The molecule has 2 rings (SSSR count). The molecule has 1 aromatic rings. The first-order valence-electron chi connectivity index (χ1n) is 7.26. The molecule has 0 spiro atoms. The third-order valence-corrected chi connectivity index (χ3v) is 5.21. The average molecular weight is 328 g/mol. The first-order valence-corrected chi connectivity index (χ1v) is 8.63. The summed E-state index contributed by atoms with van der Waals surface area (Å²) >= 11 is 8.08. The standard InChI is InChI=1S/C15H22ClN3OS/c1-4-17-12-6-5-11(16)13(18-12)14(20)19-8-7-15(2,3)21-10-9-19/h5-6H,4,7-10H2,1-3H3,(H,17,18). The molecule has 116 valence electrons. The molecule has 6 heteroatoms. The molecule has 1 N–H and O–H groups in total. The van der Waals surface area contributed by atoms with Gasteiger partial charge in [-0.1, -0.05) is 25.4 Å². The van der Waals surface area contributed by atoms with Gasteiger partial charge in [0.05, 0.1) is 5.02 Å². The van der Waals surface area contributed by atoms with Crippen LogP contribution < -0.4 is 5.32 Å². The second kappa shape index (κ2) is 6.88. The van der Waals surface area contributed by atoms with E-state index in [4.69, 9.17) is 11.6 Å². The highest BCUT2D eigenvalue weighted by atomic mass is 35.5. The molecule has 0 aromatic carbocycles. The summed E-state index contributed by atoms with van der Waals surface area (Å²) in [7, 11) is 0. The Balaban J connectivity index is 2.17. The van der Waals surface area contributed by atoms with E-state index in [2.05, 4.69) is 24.1 Å². The number of amides is 1. The molecule has 1 amide bonds. The Morgan fingerprint density at radius 3 is 2.95 bits per heavy atom. The van der Waals surface area contributed by atoms with Gasteiger partial charge in [0.2, 0.25) is 0 Å². The van der Waals surface area contributed by atoms with Crippen LogP contribution in [0.25, 0.3) is 0 Å². The van der Waals surface area contributed by atoms with Crippen molar-refractivity contribution in [2.24, 2.45) is 0 Å². The normalized spacial score (nSPS) is 18.2. The van der Waals surface area contributed by atoms with E-state index >= 15 is 0 Å². The Bertz CT molecular complexity index is 522. The van der Waals surface area contributed by atoms with Crippen molar-refractivity contribution in [2.45, 2.75) is 31.9 Å². The van der Waals surface area contributed by atoms with Gasteiger partial charge in [0.1, 0.15) is 11.5 Å². The quantitative estimate of drug-likeness (QED) is 0.922. The van der Waals surface area contributed by atoms with Gasteiger partial charge in [-0.25, -0.2) is 4.98 Å². The fourth-order valence-electron chi connectivity index (χ4n) is 2.24. The lowest BCUT2D eigenvalue weighted by Gasteiger charge is -2.23. The number of thioether (sulfide) groups is 1. The zero-order valence-electron chi connectivity index (χ0n) is 12.8. The summed E-state index contributed by atoms with van der Waals surface area (Å²) < 4.78 is 0.220. The van der Waals surface area contributed by atoms with Crippen LogP contribution in [0.1, 0.15) is 37.7 Å². The van der Waals surface area contributed by atoms with Crippen LogP contribution >= 0.6 is 23.4 Å². The van der Waals surface area contributed by atoms with E-state index in [1.807, 2.05) is 23.6 Å². The van der Waals surface area contributed by atoms with E-state index in [-0.39, 0.29) is 10.7 Å². The number of hydrogen-bond donors (Lipinski definition) is 1. The number of aromatic nitrogens is 1. The van der Waals surface area contributed by atoms with Crippen molar-refractivity contribution in [1.29, 1.82) is 0 Å². The van der Waals surface area contributed by atoms with Crippen molar-refractivity contribution in [2.75, 3.05) is 30.7 Å². The highest BCUT2D eigenvalue weighted by Gasteiger charge is 2.28. The number of carbonyl (C=O) groups excluding carboxylic acids is 1. The van der Waals surface area contributed by atoms with E-state index < -0.39 is 0 Å². The molecule has 2 heterocycles. The topological polar surface area (TPSA) is 45.2 Å². The number of pyridine rings is 1. The number of carbonyl (C=O) groups is 1. The van der Waals surface area contributed by atoms with Gasteiger partial charge < -0.3 is 10.2 Å². The van der Waals surface area contributed by atoms with E-state index in [1.54, 1.807) is 12.1 Å². The Morgan fingerprint density at radius 2 is 2.24 bits per heavy atom. The van der Waals surface area contributed by atoms with Gasteiger partial charge in [-0.2, -0.15) is 11.8 Å². The van der Waals surface area contributed by atoms with Crippen LogP contribution in [0, 0.1) is 0 Å². The van der Waals surface area contributed by atoms with Crippen molar-refractivity contribution in [3.63, 3.8) is 0 Å². The summed E-state index contributed by atoms with van der Waals surface area (Å²) in [6.45, 7) is 8.70. The highest BCUT2D eigenvalue weighted by molar-refractivity contribution is 8.00. The van der Waals surface area contributed by atoms with Gasteiger partial charge >= 0.3 is 0 Å². The molecule has 0 aliphatic carbocycles. The summed E-state index contributed by atoms with van der Waals surface area (Å²) in [4.78, 5) is 18.9. The minimum absolute atomic E-state index is 0.0712. The molecular formula is C15H22ClN3OS. The van der Waals surface area contributed by atoms with Gasteiger partial charge in [-0.05, 0) is 25.5 Å². The molecular weight excluding hydrogens is 306 g/mol. The van der Waals surface area contributed by atoms with Gasteiger partial charge in [0.25, 0.3) is 5.91 Å². The van der Waals surface area contributed by atoms with Crippen LogP contribution in [0.5, 0.6) is 0 Å². The molecule has 1 fully saturated rings. The van der Waals surface area contributed by atoms with Crippen molar-refractivity contribution >= 4 is 35.1 Å². The minimum atomic E-state index is -0.0712. The summed E-state index contributed by atoms with van der Waals surface area (Å²) in [5.74, 6) is 1.57. The Kier molecular flexibility index (Phi) is 5.38. The first kappa shape index (κ1) is 16.4. The lowest BCUT2D eigenvalue weighted by Crippen LogP contribution is -2.34. The van der Waals surface area contributed by atoms with Crippen LogP contribution in [0.15, 0.2) is 12.1 Å². The second-order valence-electron chi connectivity index (χ2n) is 5.71. The fourth-order valence-corrected chi connectivity index (χ4v) is 3.53. The van der Waals surface area contributed by atoms with Crippen molar-refractivity contribution < 1.29 is 4.79 Å². The molecule has 0 unspecified atom stereocenters. The van der Waals surface area contributed by atoms with E-state index in [0.29, 0.717) is 16.5 Å².